The predicted octanol–water partition coefficient (Wildman–Crippen LogP) is 3.20. The van der Waals surface area contributed by atoms with Gasteiger partial charge in [-0.2, -0.15) is 0 Å². The third kappa shape index (κ3) is 5.83. The van der Waals surface area contributed by atoms with Gasteiger partial charge in [0.1, 0.15) is 5.60 Å². The zero-order valence-electron chi connectivity index (χ0n) is 16.0. The van der Waals surface area contributed by atoms with Gasteiger partial charge in [0.05, 0.1) is 4.90 Å². The van der Waals surface area contributed by atoms with E-state index in [1.54, 1.807) is 18.2 Å². The smallest absolute Gasteiger partial charge is 0.251 e. The Morgan fingerprint density at radius 1 is 1.24 bits per heavy atom. The molecule has 2 atom stereocenters. The molecule has 0 radical (unpaired) electrons. The second kappa shape index (κ2) is 8.58. The molecule has 1 aliphatic carbocycles. The number of amides is 1. The van der Waals surface area contributed by atoms with Crippen molar-refractivity contribution in [3.8, 4) is 11.8 Å². The minimum absolute atomic E-state index is 0.164. The molecule has 5 nitrogen and oxygen atoms in total. The molecule has 1 amide bonds. The number of sulfone groups is 1. The van der Waals surface area contributed by atoms with Gasteiger partial charge in [0.2, 0.25) is 0 Å². The fourth-order valence-corrected chi connectivity index (χ4v) is 4.19. The van der Waals surface area contributed by atoms with Crippen LogP contribution in [-0.2, 0) is 9.84 Å². The molecule has 0 spiro atoms. The summed E-state index contributed by atoms with van der Waals surface area (Å²) >= 11 is 5.96. The number of hydrogen-bond donors (Lipinski definition) is 2. The number of halogens is 1. The molecule has 3 rings (SSSR count). The second-order valence-electron chi connectivity index (χ2n) is 7.36. The van der Waals surface area contributed by atoms with Crippen molar-refractivity contribution in [1.29, 1.82) is 0 Å². The van der Waals surface area contributed by atoms with E-state index < -0.39 is 15.4 Å². The van der Waals surface area contributed by atoms with Crippen LogP contribution in [0.5, 0.6) is 0 Å². The maximum absolute atomic E-state index is 12.5. The fourth-order valence-electron chi connectivity index (χ4n) is 3.37. The van der Waals surface area contributed by atoms with Crippen LogP contribution in [0.1, 0.15) is 41.6 Å². The summed E-state index contributed by atoms with van der Waals surface area (Å²) in [4.78, 5) is 12.7. The standard InChI is InChI=1S/C22H22ClNO4S/c1-29(27,28)20-9-7-17(8-10-20)21(25)24-19-6-3-12-22(26,15-19)13-11-16-4-2-5-18(23)14-16/h2,4-5,7-10,14,19,26H,3,6,12,15H2,1H3,(H,24,25)/t19-,22?/m0/s1. The summed E-state index contributed by atoms with van der Waals surface area (Å²) < 4.78 is 23.1. The number of aliphatic hydroxyl groups is 1. The van der Waals surface area contributed by atoms with Crippen molar-refractivity contribution in [1.82, 2.24) is 5.32 Å². The number of nitrogens with one attached hydrogen (secondary N) is 1. The first kappa shape index (κ1) is 21.4. The third-order valence-electron chi connectivity index (χ3n) is 4.87. The highest BCUT2D eigenvalue weighted by Crippen LogP contribution is 2.28. The third-order valence-corrected chi connectivity index (χ3v) is 6.23. The van der Waals surface area contributed by atoms with Gasteiger partial charge in [0, 0.05) is 34.9 Å². The van der Waals surface area contributed by atoms with Gasteiger partial charge in [-0.15, -0.1) is 0 Å². The average Bonchev–Trinajstić information content (AvgIpc) is 2.66. The molecule has 0 saturated heterocycles. The molecule has 2 N–H and O–H groups in total. The molecule has 1 aliphatic rings. The van der Waals surface area contributed by atoms with Crippen molar-refractivity contribution in [3.63, 3.8) is 0 Å². The fraction of sp³-hybridized carbons (Fsp3) is 0.318. The number of carbonyl (C=O) groups is 1. The molecule has 2 aromatic carbocycles. The Hall–Kier alpha value is -2.33. The normalized spacial score (nSPS) is 21.7. The van der Waals surface area contributed by atoms with E-state index >= 15 is 0 Å². The number of hydrogen-bond acceptors (Lipinski definition) is 4. The second-order valence-corrected chi connectivity index (χ2v) is 9.81. The van der Waals surface area contributed by atoms with Crippen LogP contribution in [0.4, 0.5) is 0 Å². The lowest BCUT2D eigenvalue weighted by atomic mass is 9.82. The maximum atomic E-state index is 12.5. The summed E-state index contributed by atoms with van der Waals surface area (Å²) in [5, 5.41) is 14.4. The first-order chi connectivity index (χ1) is 13.6. The Morgan fingerprint density at radius 3 is 2.62 bits per heavy atom. The van der Waals surface area contributed by atoms with Crippen LogP contribution in [0.25, 0.3) is 0 Å². The minimum atomic E-state index is -3.31. The van der Waals surface area contributed by atoms with Gasteiger partial charge >= 0.3 is 0 Å². The van der Waals surface area contributed by atoms with Gasteiger partial charge in [-0.1, -0.05) is 29.5 Å². The molecule has 1 unspecified atom stereocenters. The first-order valence-electron chi connectivity index (χ1n) is 9.27. The number of rotatable bonds is 3. The van der Waals surface area contributed by atoms with Crippen LogP contribution in [0.15, 0.2) is 53.4 Å². The van der Waals surface area contributed by atoms with Crippen LogP contribution in [-0.4, -0.2) is 37.3 Å². The van der Waals surface area contributed by atoms with E-state index in [-0.39, 0.29) is 16.8 Å². The SMILES string of the molecule is CS(=O)(=O)c1ccc(C(=O)N[C@H]2CCCC(O)(C#Cc3cccc(Cl)c3)C2)cc1. The maximum Gasteiger partial charge on any atom is 0.251 e. The van der Waals surface area contributed by atoms with Crippen LogP contribution < -0.4 is 5.32 Å². The average molecular weight is 432 g/mol. The first-order valence-corrected chi connectivity index (χ1v) is 11.5. The lowest BCUT2D eigenvalue weighted by molar-refractivity contribution is 0.0452. The van der Waals surface area contributed by atoms with E-state index in [9.17, 15) is 18.3 Å². The predicted molar refractivity (Wildman–Crippen MR) is 113 cm³/mol. The molecule has 0 aliphatic heterocycles. The van der Waals surface area contributed by atoms with Crippen LogP contribution >= 0.6 is 11.6 Å². The molecular weight excluding hydrogens is 410 g/mol. The van der Waals surface area contributed by atoms with Gasteiger partial charge in [0.25, 0.3) is 5.91 Å². The molecule has 0 heterocycles. The monoisotopic (exact) mass is 431 g/mol. The molecule has 7 heteroatoms. The van der Waals surface area contributed by atoms with Gasteiger partial charge in [0.15, 0.2) is 9.84 Å². The zero-order chi connectivity index (χ0) is 21.1. The highest BCUT2D eigenvalue weighted by atomic mass is 35.5. The van der Waals surface area contributed by atoms with Crippen molar-refractivity contribution in [2.45, 2.75) is 42.2 Å². The van der Waals surface area contributed by atoms with E-state index in [0.29, 0.717) is 23.4 Å². The van der Waals surface area contributed by atoms with Gasteiger partial charge in [-0.3, -0.25) is 4.79 Å². The number of benzene rings is 2. The van der Waals surface area contributed by atoms with E-state index in [1.807, 2.05) is 6.07 Å². The van der Waals surface area contributed by atoms with Gasteiger partial charge < -0.3 is 10.4 Å². The quantitative estimate of drug-likeness (QED) is 0.731. The molecule has 0 bridgehead atoms. The molecule has 29 heavy (non-hydrogen) atoms. The molecule has 0 aromatic heterocycles. The Kier molecular flexibility index (Phi) is 6.33. The number of carbonyl (C=O) groups excluding carboxylic acids is 1. The van der Waals surface area contributed by atoms with E-state index in [2.05, 4.69) is 17.2 Å². The minimum Gasteiger partial charge on any atom is -0.378 e. The van der Waals surface area contributed by atoms with Gasteiger partial charge in [-0.05, 0) is 61.7 Å². The largest absolute Gasteiger partial charge is 0.378 e. The summed E-state index contributed by atoms with van der Waals surface area (Å²) in [5.74, 6) is 5.60. The summed E-state index contributed by atoms with van der Waals surface area (Å²) in [6.45, 7) is 0. The highest BCUT2D eigenvalue weighted by molar-refractivity contribution is 7.90. The molecule has 2 aromatic rings. The van der Waals surface area contributed by atoms with Gasteiger partial charge in [-0.25, -0.2) is 8.42 Å². The molecule has 152 valence electrons. The molecule has 1 saturated carbocycles. The zero-order valence-corrected chi connectivity index (χ0v) is 17.6. The van der Waals surface area contributed by atoms with Crippen molar-refractivity contribution >= 4 is 27.3 Å². The van der Waals surface area contributed by atoms with E-state index in [0.717, 1.165) is 24.7 Å². The molecular formula is C22H22ClNO4S. The Morgan fingerprint density at radius 2 is 1.97 bits per heavy atom. The topological polar surface area (TPSA) is 83.5 Å². The van der Waals surface area contributed by atoms with Crippen LogP contribution in [0.3, 0.4) is 0 Å². The summed E-state index contributed by atoms with van der Waals surface area (Å²) in [5.41, 5.74) is -0.0851. The van der Waals surface area contributed by atoms with E-state index in [4.69, 9.17) is 11.6 Å². The van der Waals surface area contributed by atoms with Crippen molar-refractivity contribution in [3.05, 3.63) is 64.7 Å². The Balaban J connectivity index is 1.67. The highest BCUT2D eigenvalue weighted by Gasteiger charge is 2.33. The summed E-state index contributed by atoms with van der Waals surface area (Å²) in [6, 6.07) is 12.7. The van der Waals surface area contributed by atoms with E-state index in [1.165, 1.54) is 24.3 Å². The summed E-state index contributed by atoms with van der Waals surface area (Å²) in [7, 11) is -3.31. The summed E-state index contributed by atoms with van der Waals surface area (Å²) in [6.07, 6.45) is 3.46. The van der Waals surface area contributed by atoms with Crippen molar-refractivity contribution in [2.75, 3.05) is 6.26 Å². The lowest BCUT2D eigenvalue weighted by Crippen LogP contribution is -2.45. The Labute approximate surface area is 176 Å². The Bertz CT molecular complexity index is 1070. The van der Waals surface area contributed by atoms with Crippen LogP contribution in [0, 0.1) is 11.8 Å². The lowest BCUT2D eigenvalue weighted by Gasteiger charge is -2.33. The van der Waals surface area contributed by atoms with Crippen LogP contribution in [0.2, 0.25) is 5.02 Å². The van der Waals surface area contributed by atoms with Crippen molar-refractivity contribution in [2.24, 2.45) is 0 Å². The van der Waals surface area contributed by atoms with Crippen molar-refractivity contribution < 1.29 is 18.3 Å². The molecule has 1 fully saturated rings.